The van der Waals surface area contributed by atoms with Crippen molar-refractivity contribution in [2.24, 2.45) is 5.92 Å². The number of alkyl halides is 3. The van der Waals surface area contributed by atoms with Crippen molar-refractivity contribution >= 4 is 67.9 Å². The van der Waals surface area contributed by atoms with E-state index in [1.165, 1.54) is 96.1 Å². The number of rotatable bonds is 33. The van der Waals surface area contributed by atoms with Crippen LogP contribution in [0.4, 0.5) is 36.4 Å². The van der Waals surface area contributed by atoms with Crippen LogP contribution in [0.1, 0.15) is 116 Å². The Morgan fingerprint density at radius 3 is 1.32 bits per heavy atom. The number of halogens is 3. The summed E-state index contributed by atoms with van der Waals surface area (Å²) in [5.74, 6) is -0.343. The molecule has 1 aliphatic carbocycles. The third-order valence-electron chi connectivity index (χ3n) is 20.8. The number of aromatic amines is 2. The van der Waals surface area contributed by atoms with Crippen LogP contribution in [0.15, 0.2) is 113 Å². The lowest BCUT2D eigenvalue weighted by Crippen LogP contribution is -2.39. The molecule has 11 heterocycles. The van der Waals surface area contributed by atoms with Crippen LogP contribution < -0.4 is 58.6 Å². The van der Waals surface area contributed by atoms with Crippen LogP contribution in [0, 0.1) is 12.8 Å². The number of anilines is 4. The topological polar surface area (TPSA) is 405 Å². The number of aryl methyl sites for hydroxylation is 1. The minimum absolute atomic E-state index is 0.0447. The van der Waals surface area contributed by atoms with Crippen molar-refractivity contribution in [2.45, 2.75) is 136 Å². The van der Waals surface area contributed by atoms with E-state index in [1.54, 1.807) is 40.6 Å². The summed E-state index contributed by atoms with van der Waals surface area (Å²) < 4.78 is 84.1. The number of nitrogens with one attached hydrogen (secondary N) is 3. The molecule has 0 spiro atoms. The van der Waals surface area contributed by atoms with Gasteiger partial charge < -0.3 is 80.5 Å². The number of nitrogen functional groups attached to an aromatic ring is 4. The van der Waals surface area contributed by atoms with Crippen LogP contribution in [-0.2, 0) is 66.6 Å². The van der Waals surface area contributed by atoms with Gasteiger partial charge >= 0.3 is 35.4 Å². The molecule has 0 radical (unpaired) electrons. The smallest absolute Gasteiger partial charge is 0.328 e. The van der Waals surface area contributed by atoms with E-state index in [1.807, 2.05) is 47.9 Å². The molecule has 0 unspecified atom stereocenters. The predicted molar refractivity (Wildman–Crippen MR) is 447 cm³/mol. The number of benzene rings is 4. The second-order valence-electron chi connectivity index (χ2n) is 30.8. The normalized spacial score (nSPS) is 15.1. The summed E-state index contributed by atoms with van der Waals surface area (Å²) >= 11 is 0. The maximum atomic E-state index is 14.1. The fourth-order valence-corrected chi connectivity index (χ4v) is 14.4. The standard InChI is InChI=1S/C22H29FN6O3.C21H28N6O2.C21H26N6O.C19H24F2N6O3/c1-22(23)6-8-28(9-7-22)13-15-4-3-5-16(12-15)14-29-19-17(25-21(29)30)18(24)26-20(27-19)32-11-10-31-2;1-15-23-18-19(22)24-21(29-11-10-28-2)25-20(18)27(15)14-17-7-5-6-16(12-17)13-26-8-3-4-9-26;22-19-18-20(25-21(24-19)28-13-15-6-7-15)27(14-23-18)12-17-5-3-4-16(10-17)11-26-8-1-2-9-26;1-19(20,21)11-23-9-12-4-3-5-13(8-12)10-27-16-14(24-18(27)28)15(22)25-17(26-16)30-7-6-29-2/h3-5,12H,6-11,13-14H2,1-2H3,(H,25,30)(H2,24,26,27);5-7,12H,3-4,8-11,13-14H2,1-2H3,(H2,22,24,25);3-5,10,14-15H,1-2,6-9,11-13H2,(H2,22,24,25);3-5,8,23H,6-7,9-11H2,1-2H3,(H,24,28)(H2,22,25,26). The number of likely N-dealkylation sites (tertiary alicyclic amines) is 3. The van der Waals surface area contributed by atoms with Crippen LogP contribution >= 0.6 is 0 Å². The molecule has 16 rings (SSSR count). The number of fused-ring (bicyclic) bond motifs is 4. The van der Waals surface area contributed by atoms with Gasteiger partial charge in [-0.15, -0.1) is 0 Å². The van der Waals surface area contributed by atoms with Gasteiger partial charge in [-0.2, -0.15) is 39.9 Å². The molecule has 11 N–H and O–H groups in total. The van der Waals surface area contributed by atoms with Crippen molar-refractivity contribution in [2.75, 3.05) is 136 Å². The number of H-pyrrole nitrogens is 2. The number of hydrogen-bond acceptors (Lipinski definition) is 27. The van der Waals surface area contributed by atoms with Gasteiger partial charge in [-0.25, -0.2) is 32.7 Å². The second-order valence-corrected chi connectivity index (χ2v) is 30.8. The van der Waals surface area contributed by atoms with Gasteiger partial charge in [0.05, 0.1) is 65.5 Å². The maximum Gasteiger partial charge on any atom is 0.328 e. The second kappa shape index (κ2) is 39.9. The molecule has 36 heteroatoms. The molecule has 0 atom stereocenters. The van der Waals surface area contributed by atoms with E-state index >= 15 is 0 Å². The molecule has 4 aromatic carbocycles. The van der Waals surface area contributed by atoms with Crippen molar-refractivity contribution in [3.05, 3.63) is 175 Å². The van der Waals surface area contributed by atoms with Gasteiger partial charge in [-0.1, -0.05) is 97.1 Å². The van der Waals surface area contributed by atoms with E-state index in [0.29, 0.717) is 128 Å². The van der Waals surface area contributed by atoms with Gasteiger partial charge in [0.15, 0.2) is 56.9 Å². The van der Waals surface area contributed by atoms with Crippen LogP contribution in [0.25, 0.3) is 44.7 Å². The van der Waals surface area contributed by atoms with Crippen molar-refractivity contribution in [3.8, 4) is 24.0 Å². The van der Waals surface area contributed by atoms with Crippen molar-refractivity contribution in [3.63, 3.8) is 0 Å². The first-order chi connectivity index (χ1) is 57.5. The maximum absolute atomic E-state index is 14.1. The average molecular weight is 1640 g/mol. The van der Waals surface area contributed by atoms with Crippen LogP contribution in [-0.4, -0.2) is 218 Å². The number of hydrogen-bond donors (Lipinski definition) is 7. The molecule has 3 aliphatic heterocycles. The lowest BCUT2D eigenvalue weighted by molar-refractivity contribution is 0.0224. The quantitative estimate of drug-likeness (QED) is 0.0189. The van der Waals surface area contributed by atoms with Gasteiger partial charge in [0.25, 0.3) is 5.92 Å². The third-order valence-corrected chi connectivity index (χ3v) is 20.8. The third kappa shape index (κ3) is 23.7. The van der Waals surface area contributed by atoms with Gasteiger partial charge in [0, 0.05) is 67.5 Å². The highest BCUT2D eigenvalue weighted by molar-refractivity contribution is 5.84. The van der Waals surface area contributed by atoms with Gasteiger partial charge in [0.1, 0.15) is 42.3 Å². The van der Waals surface area contributed by atoms with Crippen LogP contribution in [0.3, 0.4) is 0 Å². The zero-order chi connectivity index (χ0) is 83.6. The molecule has 8 aromatic heterocycles. The summed E-state index contributed by atoms with van der Waals surface area (Å²) in [6.07, 6.45) is 10.6. The number of aromatic nitrogens is 16. The van der Waals surface area contributed by atoms with Crippen molar-refractivity contribution in [1.82, 2.24) is 98.1 Å². The Hall–Kier alpha value is -11.4. The molecule has 1 saturated carbocycles. The number of piperidine rings is 1. The summed E-state index contributed by atoms with van der Waals surface area (Å²) in [4.78, 5) is 81.1. The van der Waals surface area contributed by atoms with E-state index in [9.17, 15) is 22.8 Å². The number of nitrogens with zero attached hydrogens (tertiary/aromatic N) is 17. The Morgan fingerprint density at radius 1 is 0.479 bits per heavy atom. The van der Waals surface area contributed by atoms with Crippen molar-refractivity contribution < 1.29 is 46.3 Å². The highest BCUT2D eigenvalue weighted by Gasteiger charge is 2.30. The summed E-state index contributed by atoms with van der Waals surface area (Å²) in [7, 11) is 4.74. The Labute approximate surface area is 686 Å². The lowest BCUT2D eigenvalue weighted by Gasteiger charge is -2.34. The molecule has 119 heavy (non-hydrogen) atoms. The molecule has 634 valence electrons. The van der Waals surface area contributed by atoms with E-state index < -0.39 is 23.8 Å². The van der Waals surface area contributed by atoms with E-state index in [4.69, 9.17) is 56.1 Å². The summed E-state index contributed by atoms with van der Waals surface area (Å²) in [6, 6.07) is 33.6. The van der Waals surface area contributed by atoms with Crippen molar-refractivity contribution in [1.29, 1.82) is 0 Å². The number of ether oxygens (including phenoxy) is 7. The van der Waals surface area contributed by atoms with Gasteiger partial charge in [-0.05, 0) is 142 Å². The zero-order valence-electron chi connectivity index (χ0n) is 68.3. The fourth-order valence-electron chi connectivity index (χ4n) is 14.4. The first-order valence-corrected chi connectivity index (χ1v) is 40.2. The molecule has 3 saturated heterocycles. The first kappa shape index (κ1) is 85.5. The molecule has 0 amide bonds. The monoisotopic (exact) mass is 1640 g/mol. The molecule has 4 fully saturated rings. The van der Waals surface area contributed by atoms with Gasteiger partial charge in [-0.3, -0.25) is 23.8 Å². The molecular weight excluding hydrogens is 1530 g/mol. The summed E-state index contributed by atoms with van der Waals surface area (Å²) in [5.41, 5.74) is 35.2. The fraction of sp³-hybridized carbons (Fsp3) is 0.470. The van der Waals surface area contributed by atoms with E-state index in [2.05, 4.69) is 139 Å². The number of imidazole rings is 4. The first-order valence-electron chi connectivity index (χ1n) is 40.2. The molecule has 12 aromatic rings. The van der Waals surface area contributed by atoms with Crippen LogP contribution in [0.2, 0.25) is 0 Å². The molecule has 4 aliphatic rings. The van der Waals surface area contributed by atoms with Crippen LogP contribution in [0.5, 0.6) is 24.0 Å². The number of nitrogens with two attached hydrogens (primary N) is 4. The average Bonchev–Trinajstić information content (AvgIpc) is 1.65. The molecule has 0 bridgehead atoms. The minimum Gasteiger partial charge on any atom is -0.463 e. The number of methoxy groups -OCH3 is 3. The lowest BCUT2D eigenvalue weighted by atomic mass is 9.95. The highest BCUT2D eigenvalue weighted by atomic mass is 19.3. The Balaban J connectivity index is 0.000000137. The highest BCUT2D eigenvalue weighted by Crippen LogP contribution is 2.32. The molecule has 33 nitrogen and oxygen atoms in total. The Kier molecular flexibility index (Phi) is 28.7. The molecular formula is C83H107F3N24O9. The zero-order valence-corrected chi connectivity index (χ0v) is 68.3. The SMILES string of the molecule is COCCOc1nc(N)c2[nH]c(=O)n(Cc3cccc(CN4CCC(C)(F)CC4)c3)c2n1.COCCOc1nc(N)c2[nH]c(=O)n(Cc3cccc(CNCC(C)(F)F)c3)c2n1.COCCOc1nc(N)c2nc(C)n(Cc3cccc(CN4CCCC4)c3)c2n1.Nc1nc(OCC2CC2)nc2c1ncn2Cc1cccc(CN2CCCC2)c1. The van der Waals surface area contributed by atoms with E-state index in [-0.39, 0.29) is 61.7 Å². The Bertz CT molecular complexity index is 5490. The van der Waals surface area contributed by atoms with E-state index in [0.717, 1.165) is 73.4 Å². The van der Waals surface area contributed by atoms with Gasteiger partial charge in [0.2, 0.25) is 0 Å². The summed E-state index contributed by atoms with van der Waals surface area (Å²) in [5, 5.41) is 2.72. The predicted octanol–water partition coefficient (Wildman–Crippen LogP) is 8.85. The largest absolute Gasteiger partial charge is 0.463 e. The minimum atomic E-state index is -2.78. The Morgan fingerprint density at radius 2 is 0.866 bits per heavy atom. The summed E-state index contributed by atoms with van der Waals surface area (Å²) in [6.45, 7) is 18.1.